The lowest BCUT2D eigenvalue weighted by atomic mass is 10.2. The van der Waals surface area contributed by atoms with E-state index in [1.54, 1.807) is 29.7 Å². The lowest BCUT2D eigenvalue weighted by molar-refractivity contribution is 0.0692. The van der Waals surface area contributed by atoms with Gasteiger partial charge in [-0.05, 0) is 12.1 Å². The second-order valence-electron chi connectivity index (χ2n) is 4.28. The van der Waals surface area contributed by atoms with Crippen molar-refractivity contribution in [3.8, 4) is 0 Å². The summed E-state index contributed by atoms with van der Waals surface area (Å²) in [6.45, 7) is 4.22. The fraction of sp³-hybridized carbons (Fsp3) is 0.308. The average Bonchev–Trinajstić information content (AvgIpc) is 2.85. The molecule has 0 bridgehead atoms. The first-order valence-corrected chi connectivity index (χ1v) is 7.70. The first-order chi connectivity index (χ1) is 9.08. The highest BCUT2D eigenvalue weighted by atomic mass is 32.2. The fourth-order valence-electron chi connectivity index (χ4n) is 1.47. The van der Waals surface area contributed by atoms with E-state index in [2.05, 4.69) is 23.8 Å². The molecule has 0 radical (unpaired) electrons. The van der Waals surface area contributed by atoms with Crippen LogP contribution in [0.15, 0.2) is 28.7 Å². The minimum absolute atomic E-state index is 0.242. The second-order valence-corrected chi connectivity index (χ2v) is 6.14. The summed E-state index contributed by atoms with van der Waals surface area (Å²) >= 11 is 3.05. The fourth-order valence-corrected chi connectivity index (χ4v) is 3.28. The van der Waals surface area contributed by atoms with E-state index in [1.807, 2.05) is 5.38 Å². The molecule has 1 N–H and O–H groups in total. The van der Waals surface area contributed by atoms with Crippen LogP contribution in [0, 0.1) is 0 Å². The van der Waals surface area contributed by atoms with Crippen LogP contribution in [-0.2, 0) is 5.75 Å². The average molecular weight is 294 g/mol. The Morgan fingerprint density at radius 3 is 2.95 bits per heavy atom. The molecule has 0 saturated carbocycles. The Morgan fingerprint density at radius 1 is 1.53 bits per heavy atom. The summed E-state index contributed by atoms with van der Waals surface area (Å²) in [5.41, 5.74) is 1.22. The van der Waals surface area contributed by atoms with E-state index in [4.69, 9.17) is 5.11 Å². The molecule has 2 aromatic rings. The minimum atomic E-state index is -0.947. The quantitative estimate of drug-likeness (QED) is 0.853. The lowest BCUT2D eigenvalue weighted by Crippen LogP contribution is -2.00. The maximum atomic E-state index is 11.1. The molecule has 0 unspecified atom stereocenters. The van der Waals surface area contributed by atoms with Crippen LogP contribution in [0.25, 0.3) is 0 Å². The van der Waals surface area contributed by atoms with Gasteiger partial charge in [-0.2, -0.15) is 0 Å². The second kappa shape index (κ2) is 6.16. The first-order valence-electron chi connectivity index (χ1n) is 5.83. The van der Waals surface area contributed by atoms with Gasteiger partial charge in [-0.25, -0.2) is 14.8 Å². The molecule has 0 amide bonds. The molecule has 0 aromatic carbocycles. The number of aromatic carboxylic acids is 1. The molecule has 100 valence electrons. The monoisotopic (exact) mass is 294 g/mol. The topological polar surface area (TPSA) is 63.1 Å². The van der Waals surface area contributed by atoms with Crippen LogP contribution in [0.4, 0.5) is 0 Å². The number of nitrogens with zero attached hydrogens (tertiary/aromatic N) is 2. The SMILES string of the molecule is CC(C)c1nc(CSc2ncccc2C(=O)O)cs1. The van der Waals surface area contributed by atoms with Crippen LogP contribution in [0.5, 0.6) is 0 Å². The van der Waals surface area contributed by atoms with Crippen LogP contribution in [0.3, 0.4) is 0 Å². The summed E-state index contributed by atoms with van der Waals surface area (Å²) in [5.74, 6) is 0.116. The number of carboxylic acid groups (broad SMARTS) is 1. The molecule has 4 nitrogen and oxygen atoms in total. The predicted molar refractivity (Wildman–Crippen MR) is 77.0 cm³/mol. The number of aromatic nitrogens is 2. The van der Waals surface area contributed by atoms with Crippen molar-refractivity contribution in [2.24, 2.45) is 0 Å². The molecule has 0 aliphatic rings. The van der Waals surface area contributed by atoms with E-state index < -0.39 is 5.97 Å². The molecule has 0 fully saturated rings. The third kappa shape index (κ3) is 3.54. The van der Waals surface area contributed by atoms with Gasteiger partial charge in [0.2, 0.25) is 0 Å². The maximum absolute atomic E-state index is 11.1. The molecular formula is C13H14N2O2S2. The number of thiazole rings is 1. The zero-order chi connectivity index (χ0) is 13.8. The Bertz CT molecular complexity index is 582. The number of pyridine rings is 1. The van der Waals surface area contributed by atoms with Crippen molar-refractivity contribution in [2.45, 2.75) is 30.5 Å². The van der Waals surface area contributed by atoms with Crippen molar-refractivity contribution in [1.82, 2.24) is 9.97 Å². The van der Waals surface area contributed by atoms with Crippen LogP contribution >= 0.6 is 23.1 Å². The van der Waals surface area contributed by atoms with Gasteiger partial charge in [0.1, 0.15) is 5.03 Å². The van der Waals surface area contributed by atoms with E-state index >= 15 is 0 Å². The van der Waals surface area contributed by atoms with E-state index in [-0.39, 0.29) is 5.56 Å². The Balaban J connectivity index is 2.08. The molecular weight excluding hydrogens is 280 g/mol. The van der Waals surface area contributed by atoms with E-state index in [9.17, 15) is 4.79 Å². The number of carbonyl (C=O) groups is 1. The Kier molecular flexibility index (Phi) is 4.55. The van der Waals surface area contributed by atoms with Gasteiger partial charge in [0.15, 0.2) is 0 Å². The summed E-state index contributed by atoms with van der Waals surface area (Å²) in [6.07, 6.45) is 1.61. The number of rotatable bonds is 5. The minimum Gasteiger partial charge on any atom is -0.478 e. The summed E-state index contributed by atoms with van der Waals surface area (Å²) in [6, 6.07) is 3.20. The number of hydrogen-bond donors (Lipinski definition) is 1. The third-order valence-corrected chi connectivity index (χ3v) is 4.65. The van der Waals surface area contributed by atoms with Crippen molar-refractivity contribution in [1.29, 1.82) is 0 Å². The largest absolute Gasteiger partial charge is 0.478 e. The van der Waals surface area contributed by atoms with Gasteiger partial charge in [0.25, 0.3) is 0 Å². The molecule has 0 aliphatic carbocycles. The molecule has 0 saturated heterocycles. The van der Waals surface area contributed by atoms with Gasteiger partial charge in [-0.15, -0.1) is 11.3 Å². The van der Waals surface area contributed by atoms with Crippen molar-refractivity contribution in [3.05, 3.63) is 40.0 Å². The van der Waals surface area contributed by atoms with Gasteiger partial charge in [0.05, 0.1) is 16.3 Å². The van der Waals surface area contributed by atoms with Crippen molar-refractivity contribution in [2.75, 3.05) is 0 Å². The summed E-state index contributed by atoms with van der Waals surface area (Å²) in [7, 11) is 0. The molecule has 2 aromatic heterocycles. The van der Waals surface area contributed by atoms with Gasteiger partial charge in [-0.1, -0.05) is 25.6 Å². The molecule has 19 heavy (non-hydrogen) atoms. The van der Waals surface area contributed by atoms with Gasteiger partial charge < -0.3 is 5.11 Å². The Morgan fingerprint density at radius 2 is 2.32 bits per heavy atom. The standard InChI is InChI=1S/C13H14N2O2S2/c1-8(2)11-15-9(6-18-11)7-19-12-10(13(16)17)4-3-5-14-12/h3-6,8H,7H2,1-2H3,(H,16,17). The van der Waals surface area contributed by atoms with Gasteiger partial charge in [-0.3, -0.25) is 0 Å². The first kappa shape index (κ1) is 14.0. The molecule has 2 rings (SSSR count). The molecule has 0 aliphatic heterocycles. The summed E-state index contributed by atoms with van der Waals surface area (Å²) < 4.78 is 0. The van der Waals surface area contributed by atoms with Crippen molar-refractivity contribution < 1.29 is 9.90 Å². The van der Waals surface area contributed by atoms with Crippen molar-refractivity contribution >= 4 is 29.1 Å². The highest BCUT2D eigenvalue weighted by molar-refractivity contribution is 7.98. The molecule has 2 heterocycles. The van der Waals surface area contributed by atoms with Crippen LogP contribution < -0.4 is 0 Å². The van der Waals surface area contributed by atoms with Gasteiger partial charge >= 0.3 is 5.97 Å². The van der Waals surface area contributed by atoms with Gasteiger partial charge in [0, 0.05) is 23.2 Å². The predicted octanol–water partition coefficient (Wildman–Crippen LogP) is 3.65. The highest BCUT2D eigenvalue weighted by Crippen LogP contribution is 2.26. The summed E-state index contributed by atoms with van der Waals surface area (Å²) in [4.78, 5) is 19.7. The molecule has 0 spiro atoms. The lowest BCUT2D eigenvalue weighted by Gasteiger charge is -2.02. The Hall–Kier alpha value is -1.40. The maximum Gasteiger partial charge on any atom is 0.338 e. The smallest absolute Gasteiger partial charge is 0.338 e. The third-order valence-electron chi connectivity index (χ3n) is 2.42. The number of carboxylic acids is 1. The molecule has 6 heteroatoms. The van der Waals surface area contributed by atoms with E-state index in [0.717, 1.165) is 10.7 Å². The number of thioether (sulfide) groups is 1. The van der Waals surface area contributed by atoms with Crippen LogP contribution in [-0.4, -0.2) is 21.0 Å². The Labute approximate surface area is 119 Å². The zero-order valence-corrected chi connectivity index (χ0v) is 12.3. The van der Waals surface area contributed by atoms with E-state index in [0.29, 0.717) is 16.7 Å². The molecule has 0 atom stereocenters. The van der Waals surface area contributed by atoms with Crippen LogP contribution in [0.2, 0.25) is 0 Å². The van der Waals surface area contributed by atoms with Crippen molar-refractivity contribution in [3.63, 3.8) is 0 Å². The van der Waals surface area contributed by atoms with E-state index in [1.165, 1.54) is 11.8 Å². The van der Waals surface area contributed by atoms with Crippen LogP contribution in [0.1, 0.15) is 40.8 Å². The zero-order valence-electron chi connectivity index (χ0n) is 10.7. The number of hydrogen-bond acceptors (Lipinski definition) is 5. The normalized spacial score (nSPS) is 10.9. The summed E-state index contributed by atoms with van der Waals surface area (Å²) in [5, 5.41) is 12.7. The highest BCUT2D eigenvalue weighted by Gasteiger charge is 2.12.